The van der Waals surface area contributed by atoms with Crippen molar-refractivity contribution in [1.82, 2.24) is 19.6 Å². The summed E-state index contributed by atoms with van der Waals surface area (Å²) in [5, 5.41) is 6.13. The molecule has 0 saturated heterocycles. The zero-order chi connectivity index (χ0) is 21.4. The number of ether oxygens (including phenoxy) is 1. The van der Waals surface area contributed by atoms with E-state index in [0.717, 1.165) is 38.8 Å². The molecule has 0 bridgehead atoms. The average Bonchev–Trinajstić information content (AvgIpc) is 3.27. The number of carbonyl (C=O) groups excluding carboxylic acids is 1. The van der Waals surface area contributed by atoms with Gasteiger partial charge in [-0.1, -0.05) is 0 Å². The fraction of sp³-hybridized carbons (Fsp3) is 0.238. The molecule has 0 aliphatic rings. The van der Waals surface area contributed by atoms with Crippen LogP contribution in [-0.4, -0.2) is 32.6 Å². The molecule has 4 rings (SSSR count). The molecule has 0 saturated carbocycles. The highest BCUT2D eigenvalue weighted by Crippen LogP contribution is 2.31. The number of anilines is 1. The van der Waals surface area contributed by atoms with E-state index >= 15 is 0 Å². The number of carbonyl (C=O) groups is 1. The van der Waals surface area contributed by atoms with Gasteiger partial charge >= 0.3 is 0 Å². The number of methoxy groups -OCH3 is 1. The van der Waals surface area contributed by atoms with E-state index in [1.54, 1.807) is 11.6 Å². The third-order valence-corrected chi connectivity index (χ3v) is 5.83. The van der Waals surface area contributed by atoms with Gasteiger partial charge in [0.1, 0.15) is 5.75 Å². The Hall–Kier alpha value is -3.46. The van der Waals surface area contributed by atoms with Crippen LogP contribution in [0.3, 0.4) is 0 Å². The lowest BCUT2D eigenvalue weighted by Crippen LogP contribution is -2.17. The molecule has 1 amide bonds. The van der Waals surface area contributed by atoms with E-state index in [-0.39, 0.29) is 17.9 Å². The van der Waals surface area contributed by atoms with Crippen LogP contribution in [0.5, 0.6) is 5.75 Å². The maximum atomic E-state index is 12.7. The molecule has 0 radical (unpaired) electrons. The van der Waals surface area contributed by atoms with Crippen LogP contribution in [-0.2, 0) is 11.2 Å². The first-order chi connectivity index (χ1) is 14.4. The van der Waals surface area contributed by atoms with Gasteiger partial charge in [0.05, 0.1) is 19.2 Å². The molecule has 9 heteroatoms. The quantitative estimate of drug-likeness (QED) is 0.513. The summed E-state index contributed by atoms with van der Waals surface area (Å²) in [6.45, 7) is 5.67. The van der Waals surface area contributed by atoms with E-state index < -0.39 is 0 Å². The van der Waals surface area contributed by atoms with Crippen molar-refractivity contribution in [2.24, 2.45) is 0 Å². The molecule has 0 aliphatic heterocycles. The highest BCUT2D eigenvalue weighted by Gasteiger charge is 2.16. The van der Waals surface area contributed by atoms with Crippen molar-refractivity contribution in [2.75, 3.05) is 12.4 Å². The Morgan fingerprint density at radius 1 is 1.20 bits per heavy atom. The van der Waals surface area contributed by atoms with Crippen LogP contribution in [0.2, 0.25) is 0 Å². The SMILES string of the molecule is COc1ccc(-c2nc(NC(=O)Cc3c(C)nc4cc(=O)[nH]n4c3C)sc2C)cc1. The van der Waals surface area contributed by atoms with Gasteiger partial charge in [0.15, 0.2) is 10.8 Å². The Labute approximate surface area is 176 Å². The molecule has 3 aromatic heterocycles. The number of thiazole rings is 1. The summed E-state index contributed by atoms with van der Waals surface area (Å²) in [5.41, 5.74) is 4.38. The van der Waals surface area contributed by atoms with Crippen LogP contribution >= 0.6 is 11.3 Å². The zero-order valence-electron chi connectivity index (χ0n) is 17.1. The second-order valence-electron chi connectivity index (χ2n) is 6.95. The van der Waals surface area contributed by atoms with Crippen molar-refractivity contribution in [1.29, 1.82) is 0 Å². The Kier molecular flexibility index (Phi) is 5.13. The highest BCUT2D eigenvalue weighted by molar-refractivity contribution is 7.16. The predicted octanol–water partition coefficient (Wildman–Crippen LogP) is 3.26. The number of aromatic amines is 1. The number of hydrogen-bond donors (Lipinski definition) is 2. The van der Waals surface area contributed by atoms with Crippen molar-refractivity contribution >= 4 is 28.0 Å². The summed E-state index contributed by atoms with van der Waals surface area (Å²) in [6, 6.07) is 9.08. The van der Waals surface area contributed by atoms with Gasteiger partial charge in [-0.3, -0.25) is 14.7 Å². The summed E-state index contributed by atoms with van der Waals surface area (Å²) in [6.07, 6.45) is 0.136. The van der Waals surface area contributed by atoms with Gasteiger partial charge in [-0.15, -0.1) is 11.3 Å². The first kappa shape index (κ1) is 19.8. The number of H-pyrrole nitrogens is 1. The molecule has 0 aliphatic carbocycles. The van der Waals surface area contributed by atoms with Gasteiger partial charge < -0.3 is 10.1 Å². The molecule has 0 atom stereocenters. The normalized spacial score (nSPS) is 11.1. The monoisotopic (exact) mass is 423 g/mol. The van der Waals surface area contributed by atoms with E-state index in [2.05, 4.69) is 20.4 Å². The minimum atomic E-state index is -0.226. The fourth-order valence-electron chi connectivity index (χ4n) is 3.40. The second kappa shape index (κ2) is 7.75. The molecular formula is C21H21N5O3S. The Morgan fingerprint density at radius 3 is 2.63 bits per heavy atom. The molecule has 0 unspecified atom stereocenters. The fourth-order valence-corrected chi connectivity index (χ4v) is 4.25. The molecule has 30 heavy (non-hydrogen) atoms. The third-order valence-electron chi connectivity index (χ3n) is 4.95. The van der Waals surface area contributed by atoms with E-state index in [4.69, 9.17) is 4.74 Å². The van der Waals surface area contributed by atoms with Crippen LogP contribution in [0.4, 0.5) is 5.13 Å². The van der Waals surface area contributed by atoms with Crippen molar-refractivity contribution in [3.63, 3.8) is 0 Å². The van der Waals surface area contributed by atoms with Gasteiger partial charge in [-0.2, -0.15) is 0 Å². The van der Waals surface area contributed by atoms with Gasteiger partial charge in [0, 0.05) is 33.5 Å². The van der Waals surface area contributed by atoms with E-state index in [1.165, 1.54) is 17.4 Å². The predicted molar refractivity (Wildman–Crippen MR) is 116 cm³/mol. The van der Waals surface area contributed by atoms with Crippen molar-refractivity contribution in [3.05, 3.63) is 62.5 Å². The number of rotatable bonds is 5. The number of aryl methyl sites for hydroxylation is 3. The lowest BCUT2D eigenvalue weighted by atomic mass is 10.1. The van der Waals surface area contributed by atoms with Crippen LogP contribution in [0.1, 0.15) is 21.8 Å². The van der Waals surface area contributed by atoms with Gasteiger partial charge in [-0.25, -0.2) is 14.5 Å². The number of nitrogens with one attached hydrogen (secondary N) is 2. The Morgan fingerprint density at radius 2 is 1.93 bits per heavy atom. The lowest BCUT2D eigenvalue weighted by Gasteiger charge is -2.11. The highest BCUT2D eigenvalue weighted by atomic mass is 32.1. The number of amides is 1. The van der Waals surface area contributed by atoms with Crippen LogP contribution < -0.4 is 15.6 Å². The number of nitrogens with zero attached hydrogens (tertiary/aromatic N) is 3. The lowest BCUT2D eigenvalue weighted by molar-refractivity contribution is -0.115. The van der Waals surface area contributed by atoms with E-state index in [9.17, 15) is 9.59 Å². The Balaban J connectivity index is 1.55. The number of aromatic nitrogens is 4. The van der Waals surface area contributed by atoms with Gasteiger partial charge in [0.2, 0.25) is 5.91 Å². The smallest absolute Gasteiger partial charge is 0.266 e. The van der Waals surface area contributed by atoms with Gasteiger partial charge in [-0.05, 0) is 45.0 Å². The van der Waals surface area contributed by atoms with Crippen LogP contribution in [0.15, 0.2) is 35.1 Å². The zero-order valence-corrected chi connectivity index (χ0v) is 17.9. The molecule has 3 heterocycles. The first-order valence-corrected chi connectivity index (χ1v) is 10.2. The minimum Gasteiger partial charge on any atom is -0.497 e. The topological polar surface area (TPSA) is 101 Å². The van der Waals surface area contributed by atoms with E-state index in [0.29, 0.717) is 10.8 Å². The second-order valence-corrected chi connectivity index (χ2v) is 8.16. The summed E-state index contributed by atoms with van der Waals surface area (Å²) < 4.78 is 6.80. The number of fused-ring (bicyclic) bond motifs is 1. The molecule has 2 N–H and O–H groups in total. The van der Waals surface area contributed by atoms with Gasteiger partial charge in [0.25, 0.3) is 5.56 Å². The standard InChI is InChI=1S/C21H21N5O3S/c1-11-16(12(2)26-17(22-11)10-19(28)25-26)9-18(27)23-21-24-20(13(3)30-21)14-5-7-15(29-4)8-6-14/h5-8,10H,9H2,1-4H3,(H,25,28)(H,23,24,27). The third kappa shape index (κ3) is 3.71. The maximum Gasteiger partial charge on any atom is 0.266 e. The number of benzene rings is 1. The number of hydrogen-bond acceptors (Lipinski definition) is 6. The molecule has 0 fully saturated rings. The summed E-state index contributed by atoms with van der Waals surface area (Å²) in [4.78, 5) is 34.3. The minimum absolute atomic E-state index is 0.136. The van der Waals surface area contributed by atoms with Crippen molar-refractivity contribution < 1.29 is 9.53 Å². The summed E-state index contributed by atoms with van der Waals surface area (Å²) >= 11 is 1.43. The molecule has 8 nitrogen and oxygen atoms in total. The summed E-state index contributed by atoms with van der Waals surface area (Å²) in [7, 11) is 1.63. The van der Waals surface area contributed by atoms with Crippen LogP contribution in [0, 0.1) is 20.8 Å². The molecular weight excluding hydrogens is 402 g/mol. The van der Waals surface area contributed by atoms with E-state index in [1.807, 2.05) is 45.0 Å². The Bertz CT molecular complexity index is 1300. The van der Waals surface area contributed by atoms with Crippen molar-refractivity contribution in [2.45, 2.75) is 27.2 Å². The van der Waals surface area contributed by atoms with Crippen molar-refractivity contribution in [3.8, 4) is 17.0 Å². The molecule has 154 valence electrons. The average molecular weight is 423 g/mol. The largest absolute Gasteiger partial charge is 0.497 e. The van der Waals surface area contributed by atoms with Crippen LogP contribution in [0.25, 0.3) is 16.9 Å². The molecule has 1 aromatic carbocycles. The molecule has 0 spiro atoms. The summed E-state index contributed by atoms with van der Waals surface area (Å²) in [5.74, 6) is 0.590. The first-order valence-electron chi connectivity index (χ1n) is 9.35. The molecule has 4 aromatic rings. The maximum absolute atomic E-state index is 12.7.